The third-order valence-corrected chi connectivity index (χ3v) is 3.98. The number of thiazole rings is 1. The molecule has 0 unspecified atom stereocenters. The van der Waals surface area contributed by atoms with Crippen LogP contribution in [0.4, 0.5) is 5.13 Å². The predicted octanol–water partition coefficient (Wildman–Crippen LogP) is 4.36. The van der Waals surface area contributed by atoms with E-state index in [9.17, 15) is 5.11 Å². The molecule has 0 aliphatic rings. The highest BCUT2D eigenvalue weighted by molar-refractivity contribution is 7.14. The summed E-state index contributed by atoms with van der Waals surface area (Å²) in [6, 6.07) is 15.1. The molecule has 3 aromatic rings. The summed E-state index contributed by atoms with van der Waals surface area (Å²) < 4.78 is 5.29. The van der Waals surface area contributed by atoms with Gasteiger partial charge in [0.15, 0.2) is 11.5 Å². The van der Waals surface area contributed by atoms with Gasteiger partial charge in [-0.2, -0.15) is 5.10 Å². The lowest BCUT2D eigenvalue weighted by molar-refractivity contribution is 0.318. The Hall–Kier alpha value is -2.86. The number of nitrogens with zero attached hydrogens (tertiary/aromatic N) is 2. The van der Waals surface area contributed by atoms with Gasteiger partial charge in [-0.15, -0.1) is 11.3 Å². The molecule has 1 heterocycles. The summed E-state index contributed by atoms with van der Waals surface area (Å²) in [6.45, 7) is 2.38. The molecule has 0 aliphatic heterocycles. The van der Waals surface area contributed by atoms with Gasteiger partial charge in [-0.1, -0.05) is 30.3 Å². The van der Waals surface area contributed by atoms with Crippen molar-refractivity contribution in [2.45, 2.75) is 6.92 Å². The fraction of sp³-hybridized carbons (Fsp3) is 0.111. The Morgan fingerprint density at radius 2 is 2.08 bits per heavy atom. The summed E-state index contributed by atoms with van der Waals surface area (Å²) in [7, 11) is 0. The first-order valence-corrected chi connectivity index (χ1v) is 8.40. The van der Waals surface area contributed by atoms with Crippen molar-refractivity contribution in [1.29, 1.82) is 0 Å². The van der Waals surface area contributed by atoms with Gasteiger partial charge in [0.25, 0.3) is 0 Å². The molecule has 5 nitrogen and oxygen atoms in total. The topological polar surface area (TPSA) is 66.7 Å². The van der Waals surface area contributed by atoms with Crippen molar-refractivity contribution in [3.63, 3.8) is 0 Å². The summed E-state index contributed by atoms with van der Waals surface area (Å²) in [5.41, 5.74) is 5.66. The van der Waals surface area contributed by atoms with E-state index in [0.29, 0.717) is 17.5 Å². The van der Waals surface area contributed by atoms with E-state index >= 15 is 0 Å². The van der Waals surface area contributed by atoms with E-state index in [4.69, 9.17) is 4.74 Å². The summed E-state index contributed by atoms with van der Waals surface area (Å²) >= 11 is 1.49. The highest BCUT2D eigenvalue weighted by atomic mass is 32.1. The molecule has 0 spiro atoms. The van der Waals surface area contributed by atoms with Crippen molar-refractivity contribution >= 4 is 22.7 Å². The van der Waals surface area contributed by atoms with Crippen LogP contribution in [-0.2, 0) is 0 Å². The van der Waals surface area contributed by atoms with E-state index in [1.807, 2.05) is 48.7 Å². The number of anilines is 1. The number of hydrogen-bond acceptors (Lipinski definition) is 6. The summed E-state index contributed by atoms with van der Waals surface area (Å²) in [5, 5.41) is 16.7. The maximum atomic E-state index is 9.85. The third-order valence-electron chi connectivity index (χ3n) is 3.23. The molecule has 0 radical (unpaired) electrons. The second-order valence-corrected chi connectivity index (χ2v) is 5.79. The van der Waals surface area contributed by atoms with E-state index in [1.54, 1.807) is 18.3 Å². The number of phenolic OH excluding ortho intramolecular Hbond substituents is 1. The van der Waals surface area contributed by atoms with Gasteiger partial charge in [-0.25, -0.2) is 4.98 Å². The minimum atomic E-state index is 0.0985. The molecular weight excluding hydrogens is 322 g/mol. The first kappa shape index (κ1) is 16.0. The SMILES string of the molecule is CCOc1ccc(/C=N/Nc2nc(-c3ccccc3)cs2)cc1O. The Bertz CT molecular complexity index is 831. The van der Waals surface area contributed by atoms with Crippen LogP contribution in [-0.4, -0.2) is 22.9 Å². The minimum absolute atomic E-state index is 0.0985. The number of phenols is 1. The Kier molecular flexibility index (Phi) is 5.08. The minimum Gasteiger partial charge on any atom is -0.504 e. The molecule has 2 N–H and O–H groups in total. The van der Waals surface area contributed by atoms with Crippen molar-refractivity contribution in [1.82, 2.24) is 4.98 Å². The molecule has 0 saturated carbocycles. The van der Waals surface area contributed by atoms with E-state index < -0.39 is 0 Å². The predicted molar refractivity (Wildman–Crippen MR) is 98.0 cm³/mol. The van der Waals surface area contributed by atoms with E-state index in [2.05, 4.69) is 15.5 Å². The molecule has 0 bridgehead atoms. The lowest BCUT2D eigenvalue weighted by Crippen LogP contribution is -1.93. The number of hydrazone groups is 1. The second kappa shape index (κ2) is 7.61. The van der Waals surface area contributed by atoms with Crippen molar-refractivity contribution in [2.75, 3.05) is 12.0 Å². The van der Waals surface area contributed by atoms with Crippen molar-refractivity contribution in [3.05, 3.63) is 59.5 Å². The number of aromatic hydroxyl groups is 1. The average molecular weight is 339 g/mol. The zero-order valence-electron chi connectivity index (χ0n) is 13.1. The lowest BCUT2D eigenvalue weighted by Gasteiger charge is -2.05. The van der Waals surface area contributed by atoms with E-state index in [1.165, 1.54) is 11.3 Å². The van der Waals surface area contributed by atoms with E-state index in [-0.39, 0.29) is 5.75 Å². The maximum Gasteiger partial charge on any atom is 0.203 e. The second-order valence-electron chi connectivity index (χ2n) is 4.93. The van der Waals surface area contributed by atoms with Crippen LogP contribution < -0.4 is 10.2 Å². The Balaban J connectivity index is 1.64. The molecule has 0 aliphatic carbocycles. The highest BCUT2D eigenvalue weighted by Gasteiger charge is 2.04. The van der Waals surface area contributed by atoms with Crippen LogP contribution in [0, 0.1) is 0 Å². The van der Waals surface area contributed by atoms with Gasteiger partial charge in [-0.05, 0) is 30.7 Å². The van der Waals surface area contributed by atoms with Gasteiger partial charge in [-0.3, -0.25) is 5.43 Å². The van der Waals surface area contributed by atoms with E-state index in [0.717, 1.165) is 16.8 Å². The summed E-state index contributed by atoms with van der Waals surface area (Å²) in [6.07, 6.45) is 1.62. The summed E-state index contributed by atoms with van der Waals surface area (Å²) in [5.74, 6) is 0.566. The molecule has 0 amide bonds. The van der Waals surface area contributed by atoms with Gasteiger partial charge in [0, 0.05) is 10.9 Å². The maximum absolute atomic E-state index is 9.85. The van der Waals surface area contributed by atoms with Gasteiger partial charge >= 0.3 is 0 Å². The molecular formula is C18H17N3O2S. The number of aromatic nitrogens is 1. The highest BCUT2D eigenvalue weighted by Crippen LogP contribution is 2.26. The normalized spacial score (nSPS) is 10.9. The fourth-order valence-electron chi connectivity index (χ4n) is 2.12. The van der Waals surface area contributed by atoms with Crippen LogP contribution in [0.1, 0.15) is 12.5 Å². The largest absolute Gasteiger partial charge is 0.504 e. The van der Waals surface area contributed by atoms with Crippen molar-refractivity contribution in [3.8, 4) is 22.8 Å². The third kappa shape index (κ3) is 3.91. The molecule has 2 aromatic carbocycles. The zero-order chi connectivity index (χ0) is 16.8. The quantitative estimate of drug-likeness (QED) is 0.517. The van der Waals surface area contributed by atoms with Gasteiger partial charge in [0.05, 0.1) is 18.5 Å². The molecule has 0 atom stereocenters. The average Bonchev–Trinajstić information content (AvgIpc) is 3.07. The number of rotatable bonds is 6. The zero-order valence-corrected chi connectivity index (χ0v) is 14.0. The number of nitrogens with one attached hydrogen (secondary N) is 1. The molecule has 1 aromatic heterocycles. The van der Waals surface area contributed by atoms with Gasteiger partial charge < -0.3 is 9.84 Å². The number of hydrogen-bond donors (Lipinski definition) is 2. The van der Waals surface area contributed by atoms with Crippen LogP contribution in [0.5, 0.6) is 11.5 Å². The smallest absolute Gasteiger partial charge is 0.203 e. The monoisotopic (exact) mass is 339 g/mol. The van der Waals surface area contributed by atoms with Crippen molar-refractivity contribution in [2.24, 2.45) is 5.10 Å². The molecule has 122 valence electrons. The van der Waals surface area contributed by atoms with Crippen LogP contribution in [0.3, 0.4) is 0 Å². The first-order chi connectivity index (χ1) is 11.8. The van der Waals surface area contributed by atoms with Crippen LogP contribution in [0.2, 0.25) is 0 Å². The number of benzene rings is 2. The van der Waals surface area contributed by atoms with Gasteiger partial charge in [0.2, 0.25) is 5.13 Å². The Morgan fingerprint density at radius 3 is 2.83 bits per heavy atom. The lowest BCUT2D eigenvalue weighted by atomic mass is 10.2. The Labute approximate surface area is 144 Å². The standard InChI is InChI=1S/C18H17N3O2S/c1-2-23-17-9-8-13(10-16(17)22)11-19-21-18-20-15(12-24-18)14-6-4-3-5-7-14/h3-12,22H,2H2,1H3,(H,20,21)/b19-11+. The summed E-state index contributed by atoms with van der Waals surface area (Å²) in [4.78, 5) is 4.49. The molecule has 24 heavy (non-hydrogen) atoms. The first-order valence-electron chi connectivity index (χ1n) is 7.52. The molecule has 0 saturated heterocycles. The molecule has 6 heteroatoms. The fourth-order valence-corrected chi connectivity index (χ4v) is 2.79. The van der Waals surface area contributed by atoms with Crippen LogP contribution in [0.25, 0.3) is 11.3 Å². The number of ether oxygens (including phenoxy) is 1. The van der Waals surface area contributed by atoms with Crippen LogP contribution >= 0.6 is 11.3 Å². The van der Waals surface area contributed by atoms with Crippen LogP contribution in [0.15, 0.2) is 59.0 Å². The van der Waals surface area contributed by atoms with Crippen molar-refractivity contribution < 1.29 is 9.84 Å². The van der Waals surface area contributed by atoms with Gasteiger partial charge in [0.1, 0.15) is 0 Å². The Morgan fingerprint density at radius 1 is 1.25 bits per heavy atom. The molecule has 0 fully saturated rings. The molecule has 3 rings (SSSR count).